The van der Waals surface area contributed by atoms with Gasteiger partial charge in [0.25, 0.3) is 12.4 Å². The summed E-state index contributed by atoms with van der Waals surface area (Å²) in [5.74, 6) is 0.342. The van der Waals surface area contributed by atoms with Gasteiger partial charge < -0.3 is 25.4 Å². The minimum absolute atomic E-state index is 0.000438. The zero-order valence-corrected chi connectivity index (χ0v) is 19.7. The fraction of sp³-hybridized carbons (Fsp3) is 0.478. The van der Waals surface area contributed by atoms with E-state index in [4.69, 9.17) is 26.8 Å². The van der Waals surface area contributed by atoms with Crippen LogP contribution in [0, 0.1) is 5.41 Å². The Morgan fingerprint density at radius 3 is 2.64 bits per heavy atom. The monoisotopic (exact) mass is 473 g/mol. The van der Waals surface area contributed by atoms with Crippen molar-refractivity contribution >= 4 is 35.8 Å². The number of nitrogens with zero attached hydrogens (tertiary/aromatic N) is 3. The molecule has 1 saturated heterocycles. The predicted octanol–water partition coefficient (Wildman–Crippen LogP) is 3.66. The number of amides is 1. The summed E-state index contributed by atoms with van der Waals surface area (Å²) in [6.45, 7) is 7.10. The van der Waals surface area contributed by atoms with Crippen LogP contribution in [0.5, 0.6) is 5.88 Å². The van der Waals surface area contributed by atoms with E-state index in [0.29, 0.717) is 18.9 Å². The number of nitrogens with one attached hydrogen (secondary N) is 1. The number of hydrogen-bond donors (Lipinski definition) is 2. The summed E-state index contributed by atoms with van der Waals surface area (Å²) in [4.78, 5) is 33.7. The molecule has 1 spiro atoms. The van der Waals surface area contributed by atoms with Crippen molar-refractivity contribution in [2.75, 3.05) is 23.7 Å². The van der Waals surface area contributed by atoms with Gasteiger partial charge in [-0.05, 0) is 51.2 Å². The van der Waals surface area contributed by atoms with E-state index in [9.17, 15) is 9.59 Å². The highest BCUT2D eigenvalue weighted by molar-refractivity contribution is 6.31. The van der Waals surface area contributed by atoms with Crippen molar-refractivity contribution in [3.63, 3.8) is 0 Å². The minimum atomic E-state index is -0.576. The highest BCUT2D eigenvalue weighted by atomic mass is 35.5. The first kappa shape index (κ1) is 23.1. The molecule has 2 aliphatic rings. The molecule has 1 amide bonds. The lowest BCUT2D eigenvalue weighted by Crippen LogP contribution is -2.48. The molecule has 1 aromatic heterocycles. The van der Waals surface area contributed by atoms with Gasteiger partial charge >= 0.3 is 6.09 Å². The van der Waals surface area contributed by atoms with Gasteiger partial charge in [-0.3, -0.25) is 4.79 Å². The van der Waals surface area contributed by atoms with Crippen LogP contribution in [0.1, 0.15) is 50.8 Å². The van der Waals surface area contributed by atoms with Crippen molar-refractivity contribution in [1.29, 1.82) is 0 Å². The summed E-state index contributed by atoms with van der Waals surface area (Å²) in [5, 5.41) is 3.27. The average Bonchev–Trinajstić information content (AvgIpc) is 3.03. The molecule has 1 aliphatic heterocycles. The summed E-state index contributed by atoms with van der Waals surface area (Å²) < 4.78 is 10.3. The molecule has 1 aromatic carbocycles. The number of aromatic nitrogens is 2. The SMILES string of the molecule is CC(C)(C)OC(=O)NC1c2ccccc2CC12CCN(c1nc(N)c(OC=O)nc1Cl)CC2. The van der Waals surface area contributed by atoms with Crippen LogP contribution in [-0.4, -0.2) is 41.2 Å². The number of benzene rings is 1. The standard InChI is InChI=1S/C23H28ClN5O4/c1-22(2,3)33-21(31)26-16-15-7-5-4-6-14(15)12-23(16)8-10-29(11-9-23)19-17(24)27-20(32-13-30)18(25)28-19/h4-7,13,16H,8-12H2,1-3H3,(H2,25,28)(H,26,31). The molecule has 33 heavy (non-hydrogen) atoms. The Morgan fingerprint density at radius 1 is 1.27 bits per heavy atom. The van der Waals surface area contributed by atoms with Gasteiger partial charge in [0.2, 0.25) is 0 Å². The van der Waals surface area contributed by atoms with Gasteiger partial charge in [0, 0.05) is 18.5 Å². The van der Waals surface area contributed by atoms with E-state index in [0.717, 1.165) is 24.8 Å². The van der Waals surface area contributed by atoms with Gasteiger partial charge in [-0.2, -0.15) is 4.98 Å². The molecule has 10 heteroatoms. The van der Waals surface area contributed by atoms with Crippen molar-refractivity contribution in [1.82, 2.24) is 15.3 Å². The molecule has 176 valence electrons. The third kappa shape index (κ3) is 4.68. The van der Waals surface area contributed by atoms with Crippen LogP contribution in [-0.2, 0) is 16.0 Å². The van der Waals surface area contributed by atoms with Crippen LogP contribution < -0.4 is 20.7 Å². The summed E-state index contributed by atoms with van der Waals surface area (Å²) in [6.07, 6.45) is 2.04. The average molecular weight is 474 g/mol. The second-order valence-corrected chi connectivity index (χ2v) is 9.90. The molecule has 2 heterocycles. The number of carbonyl (C=O) groups excluding carboxylic acids is 2. The van der Waals surface area contributed by atoms with Gasteiger partial charge in [0.15, 0.2) is 16.8 Å². The topological polar surface area (TPSA) is 120 Å². The Kier molecular flexibility index (Phi) is 6.09. The van der Waals surface area contributed by atoms with Crippen molar-refractivity contribution in [3.05, 3.63) is 40.5 Å². The number of nitrogen functional groups attached to an aromatic ring is 1. The molecule has 1 fully saturated rings. The highest BCUT2D eigenvalue weighted by Gasteiger charge is 2.49. The molecular formula is C23H28ClN5O4. The quantitative estimate of drug-likeness (QED) is 0.645. The van der Waals surface area contributed by atoms with Gasteiger partial charge in [0.1, 0.15) is 5.60 Å². The van der Waals surface area contributed by atoms with Gasteiger partial charge in [0.05, 0.1) is 6.04 Å². The maximum absolute atomic E-state index is 12.7. The predicted molar refractivity (Wildman–Crippen MR) is 124 cm³/mol. The van der Waals surface area contributed by atoms with E-state index < -0.39 is 11.7 Å². The summed E-state index contributed by atoms with van der Waals surface area (Å²) in [7, 11) is 0. The van der Waals surface area contributed by atoms with Gasteiger partial charge in [-0.15, -0.1) is 0 Å². The summed E-state index contributed by atoms with van der Waals surface area (Å²) in [6, 6.07) is 8.07. The molecule has 0 bridgehead atoms. The molecule has 0 radical (unpaired) electrons. The number of fused-ring (bicyclic) bond motifs is 1. The van der Waals surface area contributed by atoms with Crippen LogP contribution in [0.15, 0.2) is 24.3 Å². The van der Waals surface area contributed by atoms with E-state index >= 15 is 0 Å². The largest absolute Gasteiger partial charge is 0.444 e. The third-order valence-electron chi connectivity index (χ3n) is 6.23. The van der Waals surface area contributed by atoms with Crippen LogP contribution in [0.2, 0.25) is 5.15 Å². The van der Waals surface area contributed by atoms with Crippen molar-refractivity contribution < 1.29 is 19.1 Å². The van der Waals surface area contributed by atoms with E-state index in [2.05, 4.69) is 27.4 Å². The lowest BCUT2D eigenvalue weighted by molar-refractivity contribution is -0.120. The molecular weight excluding hydrogens is 446 g/mol. The van der Waals surface area contributed by atoms with Crippen LogP contribution in [0.3, 0.4) is 0 Å². The van der Waals surface area contributed by atoms with Crippen LogP contribution in [0.25, 0.3) is 0 Å². The minimum Gasteiger partial charge on any atom is -0.444 e. The number of anilines is 2. The fourth-order valence-electron chi connectivity index (χ4n) is 4.81. The molecule has 1 unspecified atom stereocenters. The number of halogens is 1. The summed E-state index contributed by atoms with van der Waals surface area (Å²) >= 11 is 6.31. The van der Waals surface area contributed by atoms with Crippen molar-refractivity contribution in [2.24, 2.45) is 5.41 Å². The Bertz CT molecular complexity index is 1060. The number of ether oxygens (including phenoxy) is 2. The first-order chi connectivity index (χ1) is 15.6. The first-order valence-electron chi connectivity index (χ1n) is 10.9. The van der Waals surface area contributed by atoms with E-state index in [1.165, 1.54) is 5.56 Å². The maximum atomic E-state index is 12.7. The Balaban J connectivity index is 1.55. The first-order valence-corrected chi connectivity index (χ1v) is 11.3. The number of hydrogen-bond acceptors (Lipinski definition) is 8. The fourth-order valence-corrected chi connectivity index (χ4v) is 5.05. The second kappa shape index (κ2) is 8.70. The van der Waals surface area contributed by atoms with Gasteiger partial charge in [-0.1, -0.05) is 35.9 Å². The third-order valence-corrected chi connectivity index (χ3v) is 6.48. The maximum Gasteiger partial charge on any atom is 0.408 e. The zero-order valence-electron chi connectivity index (χ0n) is 18.9. The van der Waals surface area contributed by atoms with Crippen LogP contribution in [0.4, 0.5) is 16.4 Å². The Labute approximate surface area is 197 Å². The smallest absolute Gasteiger partial charge is 0.408 e. The lowest BCUT2D eigenvalue weighted by Gasteiger charge is -2.44. The number of piperidine rings is 1. The molecule has 1 atom stereocenters. The van der Waals surface area contributed by atoms with E-state index in [1.807, 2.05) is 37.8 Å². The molecule has 3 N–H and O–H groups in total. The second-order valence-electron chi connectivity index (χ2n) is 9.55. The van der Waals surface area contributed by atoms with Gasteiger partial charge in [-0.25, -0.2) is 9.78 Å². The number of nitrogens with two attached hydrogens (primary N) is 1. The number of carbonyl (C=O) groups is 2. The molecule has 1 aliphatic carbocycles. The summed E-state index contributed by atoms with van der Waals surface area (Å²) in [5.41, 5.74) is 7.53. The number of alkyl carbamates (subject to hydrolysis) is 1. The van der Waals surface area contributed by atoms with Crippen LogP contribution >= 0.6 is 11.6 Å². The highest BCUT2D eigenvalue weighted by Crippen LogP contribution is 2.52. The number of rotatable bonds is 4. The Morgan fingerprint density at radius 2 is 1.97 bits per heavy atom. The van der Waals surface area contributed by atoms with Crippen molar-refractivity contribution in [3.8, 4) is 5.88 Å². The normalized spacial score (nSPS) is 19.2. The lowest BCUT2D eigenvalue weighted by atomic mass is 9.72. The molecule has 9 nitrogen and oxygen atoms in total. The molecule has 0 saturated carbocycles. The Hall–Kier alpha value is -3.07. The van der Waals surface area contributed by atoms with Crippen molar-refractivity contribution in [2.45, 2.75) is 51.7 Å². The molecule has 4 rings (SSSR count). The van der Waals surface area contributed by atoms with E-state index in [1.54, 1.807) is 0 Å². The zero-order chi connectivity index (χ0) is 23.8. The molecule has 2 aromatic rings. The van der Waals surface area contributed by atoms with E-state index in [-0.39, 0.29) is 34.8 Å².